The van der Waals surface area contributed by atoms with E-state index < -0.39 is 0 Å². The number of halogens is 1. The third kappa shape index (κ3) is 6.97. The summed E-state index contributed by atoms with van der Waals surface area (Å²) < 4.78 is 4.92. The maximum atomic E-state index is 5.76. The molecular formula is C17H24IN3OS. The summed E-state index contributed by atoms with van der Waals surface area (Å²) in [7, 11) is 1.66. The normalized spacial score (nSPS) is 11.3. The van der Waals surface area contributed by atoms with Crippen LogP contribution in [0.25, 0.3) is 10.8 Å². The van der Waals surface area contributed by atoms with Crippen LogP contribution in [0.2, 0.25) is 0 Å². The number of ether oxygens (including phenoxy) is 1. The monoisotopic (exact) mass is 445 g/mol. The van der Waals surface area contributed by atoms with Crippen molar-refractivity contribution in [3.05, 3.63) is 48.0 Å². The van der Waals surface area contributed by atoms with Gasteiger partial charge in [0.05, 0.1) is 13.2 Å². The van der Waals surface area contributed by atoms with Crippen molar-refractivity contribution >= 4 is 52.5 Å². The number of guanidine groups is 1. The van der Waals surface area contributed by atoms with Crippen LogP contribution in [0, 0.1) is 0 Å². The summed E-state index contributed by atoms with van der Waals surface area (Å²) in [6, 6.07) is 15.0. The quantitative estimate of drug-likeness (QED) is 0.284. The van der Waals surface area contributed by atoms with Crippen molar-refractivity contribution in [2.45, 2.75) is 5.75 Å². The molecule has 0 aliphatic heterocycles. The SMILES string of the molecule is COCCN=C(N)NCCSCc1cccc2ccccc12.I. The molecule has 0 bridgehead atoms. The van der Waals surface area contributed by atoms with E-state index in [1.165, 1.54) is 16.3 Å². The van der Waals surface area contributed by atoms with Crippen molar-refractivity contribution in [3.8, 4) is 0 Å². The molecular weight excluding hydrogens is 421 g/mol. The molecule has 0 radical (unpaired) electrons. The largest absolute Gasteiger partial charge is 0.383 e. The van der Waals surface area contributed by atoms with Gasteiger partial charge in [0.2, 0.25) is 0 Å². The zero-order valence-electron chi connectivity index (χ0n) is 13.3. The molecule has 2 aromatic carbocycles. The summed E-state index contributed by atoms with van der Waals surface area (Å²) in [5.41, 5.74) is 7.14. The highest BCUT2D eigenvalue weighted by molar-refractivity contribution is 14.0. The number of aliphatic imine (C=N–C) groups is 1. The third-order valence-corrected chi connectivity index (χ3v) is 4.28. The van der Waals surface area contributed by atoms with Gasteiger partial charge in [-0.05, 0) is 16.3 Å². The number of hydrogen-bond acceptors (Lipinski definition) is 3. The van der Waals surface area contributed by atoms with Crippen molar-refractivity contribution in [1.82, 2.24) is 5.32 Å². The predicted octanol–water partition coefficient (Wildman–Crippen LogP) is 3.24. The van der Waals surface area contributed by atoms with Gasteiger partial charge in [-0.3, -0.25) is 4.99 Å². The molecule has 0 aromatic heterocycles. The molecule has 6 heteroatoms. The Morgan fingerprint density at radius 1 is 1.22 bits per heavy atom. The average molecular weight is 445 g/mol. The van der Waals surface area contributed by atoms with Crippen LogP contribution in [0.3, 0.4) is 0 Å². The van der Waals surface area contributed by atoms with E-state index >= 15 is 0 Å². The topological polar surface area (TPSA) is 59.6 Å². The Morgan fingerprint density at radius 2 is 2.00 bits per heavy atom. The number of nitrogens with zero attached hydrogens (tertiary/aromatic N) is 1. The molecule has 0 amide bonds. The average Bonchev–Trinajstić information content (AvgIpc) is 2.55. The molecule has 2 rings (SSSR count). The molecule has 23 heavy (non-hydrogen) atoms. The molecule has 0 heterocycles. The summed E-state index contributed by atoms with van der Waals surface area (Å²) >= 11 is 1.89. The fourth-order valence-electron chi connectivity index (χ4n) is 2.17. The number of thioether (sulfide) groups is 1. The van der Waals surface area contributed by atoms with Gasteiger partial charge in [0.15, 0.2) is 5.96 Å². The minimum atomic E-state index is 0. The Bertz CT molecular complexity index is 616. The number of nitrogens with two attached hydrogens (primary N) is 1. The minimum absolute atomic E-state index is 0. The van der Waals surface area contributed by atoms with Crippen LogP contribution in [0.5, 0.6) is 0 Å². The first-order chi connectivity index (χ1) is 10.8. The second-order valence-corrected chi connectivity index (χ2v) is 5.98. The van der Waals surface area contributed by atoms with Crippen molar-refractivity contribution in [2.24, 2.45) is 10.7 Å². The van der Waals surface area contributed by atoms with Gasteiger partial charge in [-0.25, -0.2) is 0 Å². The number of fused-ring (bicyclic) bond motifs is 1. The third-order valence-electron chi connectivity index (χ3n) is 3.27. The molecule has 0 unspecified atom stereocenters. The van der Waals surface area contributed by atoms with E-state index in [1.807, 2.05) is 11.8 Å². The zero-order chi connectivity index (χ0) is 15.6. The molecule has 0 spiro atoms. The van der Waals surface area contributed by atoms with Crippen molar-refractivity contribution in [3.63, 3.8) is 0 Å². The summed E-state index contributed by atoms with van der Waals surface area (Å²) in [5.74, 6) is 2.48. The fourth-order valence-corrected chi connectivity index (χ4v) is 3.03. The molecule has 4 nitrogen and oxygen atoms in total. The van der Waals surface area contributed by atoms with Crippen molar-refractivity contribution < 1.29 is 4.74 Å². The number of nitrogens with one attached hydrogen (secondary N) is 1. The maximum absolute atomic E-state index is 5.76. The first kappa shape index (κ1) is 20.1. The number of methoxy groups -OCH3 is 1. The van der Waals surface area contributed by atoms with Crippen molar-refractivity contribution in [2.75, 3.05) is 32.6 Å². The Balaban J connectivity index is 0.00000264. The number of benzene rings is 2. The molecule has 0 aliphatic carbocycles. The summed E-state index contributed by atoms with van der Waals surface area (Å²) in [4.78, 5) is 4.16. The zero-order valence-corrected chi connectivity index (χ0v) is 16.5. The van der Waals surface area contributed by atoms with Crippen molar-refractivity contribution in [1.29, 1.82) is 0 Å². The van der Waals surface area contributed by atoms with E-state index in [0.717, 1.165) is 18.1 Å². The van der Waals surface area contributed by atoms with Gasteiger partial charge >= 0.3 is 0 Å². The van der Waals surface area contributed by atoms with Crippen LogP contribution in [0.15, 0.2) is 47.5 Å². The molecule has 126 valence electrons. The molecule has 0 saturated carbocycles. The molecule has 0 atom stereocenters. The van der Waals surface area contributed by atoms with Crippen LogP contribution >= 0.6 is 35.7 Å². The van der Waals surface area contributed by atoms with E-state index in [0.29, 0.717) is 19.1 Å². The Kier molecular flexibility index (Phi) is 10.1. The molecule has 0 fully saturated rings. The fraction of sp³-hybridized carbons (Fsp3) is 0.353. The van der Waals surface area contributed by atoms with E-state index in [2.05, 4.69) is 52.8 Å². The standard InChI is InChI=1S/C17H23N3OS.HI/c1-21-11-9-19-17(18)20-10-12-22-13-15-7-4-6-14-5-2-3-8-16(14)15;/h2-8H,9-13H2,1H3,(H3,18,19,20);1H. The first-order valence-corrected chi connectivity index (χ1v) is 8.54. The van der Waals surface area contributed by atoms with Crippen LogP contribution < -0.4 is 11.1 Å². The number of rotatable bonds is 8. The highest BCUT2D eigenvalue weighted by Gasteiger charge is 2.00. The molecule has 0 aliphatic rings. The van der Waals surface area contributed by atoms with Gasteiger partial charge in [-0.15, -0.1) is 24.0 Å². The van der Waals surface area contributed by atoms with Crippen LogP contribution in [0.4, 0.5) is 0 Å². The highest BCUT2D eigenvalue weighted by atomic mass is 127. The first-order valence-electron chi connectivity index (χ1n) is 7.38. The van der Waals surface area contributed by atoms with Crippen LogP contribution in [-0.2, 0) is 10.5 Å². The smallest absolute Gasteiger partial charge is 0.188 e. The van der Waals surface area contributed by atoms with Gasteiger partial charge in [0.1, 0.15) is 0 Å². The lowest BCUT2D eigenvalue weighted by Crippen LogP contribution is -2.33. The summed E-state index contributed by atoms with van der Waals surface area (Å²) in [6.45, 7) is 2.01. The molecule has 2 aromatic rings. The van der Waals surface area contributed by atoms with Crippen LogP contribution in [-0.4, -0.2) is 38.5 Å². The van der Waals surface area contributed by atoms with Gasteiger partial charge in [-0.1, -0.05) is 42.5 Å². The Hall–Kier alpha value is -0.990. The van der Waals surface area contributed by atoms with Crippen LogP contribution in [0.1, 0.15) is 5.56 Å². The Labute approximate surface area is 159 Å². The van der Waals surface area contributed by atoms with E-state index in [9.17, 15) is 0 Å². The second kappa shape index (κ2) is 11.5. The lowest BCUT2D eigenvalue weighted by molar-refractivity contribution is 0.208. The number of hydrogen-bond donors (Lipinski definition) is 2. The lowest BCUT2D eigenvalue weighted by atomic mass is 10.1. The Morgan fingerprint density at radius 3 is 2.83 bits per heavy atom. The van der Waals surface area contributed by atoms with E-state index in [1.54, 1.807) is 7.11 Å². The lowest BCUT2D eigenvalue weighted by Gasteiger charge is -2.08. The molecule has 3 N–H and O–H groups in total. The second-order valence-electron chi connectivity index (χ2n) is 4.88. The van der Waals surface area contributed by atoms with Gasteiger partial charge in [0, 0.05) is 25.2 Å². The van der Waals surface area contributed by atoms with Gasteiger partial charge in [-0.2, -0.15) is 11.8 Å². The predicted molar refractivity (Wildman–Crippen MR) is 112 cm³/mol. The summed E-state index contributed by atoms with van der Waals surface area (Å²) in [6.07, 6.45) is 0. The molecule has 0 saturated heterocycles. The minimum Gasteiger partial charge on any atom is -0.383 e. The van der Waals surface area contributed by atoms with E-state index in [-0.39, 0.29) is 24.0 Å². The van der Waals surface area contributed by atoms with Gasteiger partial charge < -0.3 is 15.8 Å². The highest BCUT2D eigenvalue weighted by Crippen LogP contribution is 2.22. The summed E-state index contributed by atoms with van der Waals surface area (Å²) in [5, 5.41) is 5.75. The van der Waals surface area contributed by atoms with Gasteiger partial charge in [0.25, 0.3) is 0 Å². The maximum Gasteiger partial charge on any atom is 0.188 e. The van der Waals surface area contributed by atoms with E-state index in [4.69, 9.17) is 10.5 Å².